The van der Waals surface area contributed by atoms with E-state index in [1.807, 2.05) is 0 Å². The second kappa shape index (κ2) is 13.2. The Kier molecular flexibility index (Phi) is 8.41. The number of para-hydroxylation sites is 1. The van der Waals surface area contributed by atoms with E-state index in [0.717, 1.165) is 34.1 Å². The highest BCUT2D eigenvalue weighted by atomic mass is 15.1. The van der Waals surface area contributed by atoms with Gasteiger partial charge in [-0.1, -0.05) is 109 Å². The molecule has 7 rings (SSSR count). The highest BCUT2D eigenvalue weighted by Crippen LogP contribution is 2.39. The first-order chi connectivity index (χ1) is 23.0. The van der Waals surface area contributed by atoms with E-state index in [4.69, 9.17) is 0 Å². The molecule has 7 aromatic carbocycles. The molecule has 0 aliphatic rings. The molecule has 47 heavy (non-hydrogen) atoms. The summed E-state index contributed by atoms with van der Waals surface area (Å²) in [6, 6.07) is 63.3. The summed E-state index contributed by atoms with van der Waals surface area (Å²) in [6.45, 7) is 6.41. The van der Waals surface area contributed by atoms with Crippen LogP contribution in [-0.2, 0) is 0 Å². The van der Waals surface area contributed by atoms with Crippen molar-refractivity contribution in [2.24, 2.45) is 0 Å². The summed E-state index contributed by atoms with van der Waals surface area (Å²) in [5, 5.41) is 0. The molecule has 0 spiro atoms. The van der Waals surface area contributed by atoms with Crippen molar-refractivity contribution in [3.8, 4) is 22.3 Å². The minimum atomic E-state index is 1.12. The van der Waals surface area contributed by atoms with Gasteiger partial charge in [0.05, 0.1) is 0 Å². The van der Waals surface area contributed by atoms with Gasteiger partial charge in [0.2, 0.25) is 0 Å². The Morgan fingerprint density at radius 1 is 0.255 bits per heavy atom. The molecule has 0 unspecified atom stereocenters. The molecular weight excluding hydrogens is 569 g/mol. The predicted octanol–water partition coefficient (Wildman–Crippen LogP) is 12.9. The fourth-order valence-corrected chi connectivity index (χ4v) is 6.16. The maximum absolute atomic E-state index is 2.33. The Morgan fingerprint density at radius 3 is 0.936 bits per heavy atom. The molecule has 0 fully saturated rings. The van der Waals surface area contributed by atoms with Gasteiger partial charge in [-0.15, -0.1) is 0 Å². The van der Waals surface area contributed by atoms with Crippen LogP contribution >= 0.6 is 0 Å². The van der Waals surface area contributed by atoms with Gasteiger partial charge in [0.25, 0.3) is 0 Å². The van der Waals surface area contributed by atoms with Crippen LogP contribution in [0.25, 0.3) is 22.3 Å². The SMILES string of the molecule is Cc1ccc(-c2ccc(N(c3ccc(-c4ccc(N(c5ccccc5)c5cccc(C)c5)cc4)cc3)c3cccc(C)c3)cc2)cc1. The Morgan fingerprint density at radius 2 is 0.574 bits per heavy atom. The first-order valence-electron chi connectivity index (χ1n) is 16.2. The lowest BCUT2D eigenvalue weighted by atomic mass is 10.0. The topological polar surface area (TPSA) is 6.48 Å². The molecule has 0 amide bonds. The highest BCUT2D eigenvalue weighted by molar-refractivity contribution is 5.81. The molecule has 2 heteroatoms. The average molecular weight is 607 g/mol. The van der Waals surface area contributed by atoms with E-state index in [9.17, 15) is 0 Å². The van der Waals surface area contributed by atoms with Crippen molar-refractivity contribution in [1.82, 2.24) is 0 Å². The van der Waals surface area contributed by atoms with Crippen LogP contribution in [0.2, 0.25) is 0 Å². The molecule has 0 aliphatic carbocycles. The van der Waals surface area contributed by atoms with Crippen LogP contribution in [0.3, 0.4) is 0 Å². The van der Waals surface area contributed by atoms with Gasteiger partial charge >= 0.3 is 0 Å². The summed E-state index contributed by atoms with van der Waals surface area (Å²) in [4.78, 5) is 4.64. The molecule has 7 aromatic rings. The van der Waals surface area contributed by atoms with Gasteiger partial charge in [-0.05, 0) is 127 Å². The molecule has 0 saturated heterocycles. The summed E-state index contributed by atoms with van der Waals surface area (Å²) in [5.74, 6) is 0. The van der Waals surface area contributed by atoms with Gasteiger partial charge in [-0.25, -0.2) is 0 Å². The summed E-state index contributed by atoms with van der Waals surface area (Å²) in [5.41, 5.74) is 15.3. The number of nitrogens with zero attached hydrogens (tertiary/aromatic N) is 2. The first-order valence-corrected chi connectivity index (χ1v) is 16.2. The quantitative estimate of drug-likeness (QED) is 0.170. The fraction of sp³-hybridized carbons (Fsp3) is 0.0667. The molecule has 0 heterocycles. The summed E-state index contributed by atoms with van der Waals surface area (Å²) >= 11 is 0. The lowest BCUT2D eigenvalue weighted by Crippen LogP contribution is -2.10. The number of hydrogen-bond acceptors (Lipinski definition) is 2. The zero-order valence-corrected chi connectivity index (χ0v) is 27.1. The Hall–Kier alpha value is -5.86. The lowest BCUT2D eigenvalue weighted by molar-refractivity contribution is 1.27. The van der Waals surface area contributed by atoms with Crippen LogP contribution in [0, 0.1) is 20.8 Å². The molecule has 228 valence electrons. The highest BCUT2D eigenvalue weighted by Gasteiger charge is 2.15. The standard InChI is InChI=1S/C45H38N2/c1-33-15-17-36(18-16-33)37-19-27-42(28-20-37)47(45-14-8-10-35(3)32-45)43-29-23-39(24-30-43)38-21-25-41(26-22-38)46(40-11-5-4-6-12-40)44-13-7-9-34(2)31-44/h4-32H,1-3H3. The van der Waals surface area contributed by atoms with Gasteiger partial charge in [-0.3, -0.25) is 0 Å². The second-order valence-electron chi connectivity index (χ2n) is 12.2. The van der Waals surface area contributed by atoms with Crippen molar-refractivity contribution < 1.29 is 0 Å². The van der Waals surface area contributed by atoms with Gasteiger partial charge in [0.1, 0.15) is 0 Å². The third-order valence-corrected chi connectivity index (χ3v) is 8.63. The first kappa shape index (κ1) is 29.8. The zero-order valence-electron chi connectivity index (χ0n) is 27.1. The van der Waals surface area contributed by atoms with Crippen molar-refractivity contribution in [1.29, 1.82) is 0 Å². The lowest BCUT2D eigenvalue weighted by Gasteiger charge is -2.26. The van der Waals surface area contributed by atoms with E-state index in [1.165, 1.54) is 38.9 Å². The molecule has 0 atom stereocenters. The number of rotatable bonds is 8. The second-order valence-corrected chi connectivity index (χ2v) is 12.2. The number of benzene rings is 7. The van der Waals surface area contributed by atoms with Crippen molar-refractivity contribution in [2.45, 2.75) is 20.8 Å². The van der Waals surface area contributed by atoms with E-state index in [-0.39, 0.29) is 0 Å². The van der Waals surface area contributed by atoms with Crippen LogP contribution in [0.1, 0.15) is 16.7 Å². The zero-order chi connectivity index (χ0) is 32.2. The van der Waals surface area contributed by atoms with Crippen molar-refractivity contribution in [3.05, 3.63) is 193 Å². The van der Waals surface area contributed by atoms with Gasteiger partial charge in [-0.2, -0.15) is 0 Å². The normalized spacial score (nSPS) is 10.9. The summed E-state index contributed by atoms with van der Waals surface area (Å²) in [7, 11) is 0. The van der Waals surface area contributed by atoms with Crippen LogP contribution in [-0.4, -0.2) is 0 Å². The summed E-state index contributed by atoms with van der Waals surface area (Å²) in [6.07, 6.45) is 0. The van der Waals surface area contributed by atoms with Gasteiger partial charge in [0.15, 0.2) is 0 Å². The third-order valence-electron chi connectivity index (χ3n) is 8.63. The Balaban J connectivity index is 1.19. The van der Waals surface area contributed by atoms with E-state index in [1.54, 1.807) is 0 Å². The third kappa shape index (κ3) is 6.59. The molecule has 0 aliphatic heterocycles. The van der Waals surface area contributed by atoms with E-state index < -0.39 is 0 Å². The largest absolute Gasteiger partial charge is 0.310 e. The molecular formula is C45H38N2. The van der Waals surface area contributed by atoms with Crippen LogP contribution < -0.4 is 9.80 Å². The van der Waals surface area contributed by atoms with Crippen LogP contribution in [0.4, 0.5) is 34.1 Å². The predicted molar refractivity (Wildman–Crippen MR) is 201 cm³/mol. The fourth-order valence-electron chi connectivity index (χ4n) is 6.16. The molecule has 2 nitrogen and oxygen atoms in total. The molecule has 0 aromatic heterocycles. The maximum atomic E-state index is 2.33. The Bertz CT molecular complexity index is 2080. The molecule has 0 saturated carbocycles. The van der Waals surface area contributed by atoms with E-state index in [2.05, 4.69) is 206 Å². The smallest absolute Gasteiger partial charge is 0.0464 e. The average Bonchev–Trinajstić information content (AvgIpc) is 3.11. The van der Waals surface area contributed by atoms with Gasteiger partial charge in [0, 0.05) is 34.1 Å². The number of hydrogen-bond donors (Lipinski definition) is 0. The molecule has 0 radical (unpaired) electrons. The van der Waals surface area contributed by atoms with Crippen LogP contribution in [0.15, 0.2) is 176 Å². The monoisotopic (exact) mass is 606 g/mol. The van der Waals surface area contributed by atoms with Crippen molar-refractivity contribution >= 4 is 34.1 Å². The number of aryl methyl sites for hydroxylation is 3. The van der Waals surface area contributed by atoms with E-state index in [0.29, 0.717) is 0 Å². The summed E-state index contributed by atoms with van der Waals surface area (Å²) < 4.78 is 0. The van der Waals surface area contributed by atoms with E-state index >= 15 is 0 Å². The number of anilines is 6. The van der Waals surface area contributed by atoms with Gasteiger partial charge < -0.3 is 9.80 Å². The minimum Gasteiger partial charge on any atom is -0.310 e. The van der Waals surface area contributed by atoms with Crippen molar-refractivity contribution in [3.63, 3.8) is 0 Å². The molecule has 0 bridgehead atoms. The van der Waals surface area contributed by atoms with Crippen LogP contribution in [0.5, 0.6) is 0 Å². The Labute approximate surface area is 278 Å². The minimum absolute atomic E-state index is 1.12. The molecule has 0 N–H and O–H groups in total. The van der Waals surface area contributed by atoms with Crippen molar-refractivity contribution in [2.75, 3.05) is 9.80 Å². The maximum Gasteiger partial charge on any atom is 0.0464 e.